The van der Waals surface area contributed by atoms with Gasteiger partial charge in [0.2, 0.25) is 0 Å². The van der Waals surface area contributed by atoms with Crippen LogP contribution in [-0.4, -0.2) is 15.0 Å². The van der Waals surface area contributed by atoms with Gasteiger partial charge in [-0.15, -0.1) is 0 Å². The fraction of sp³-hybridized carbons (Fsp3) is 0.0200. The summed E-state index contributed by atoms with van der Waals surface area (Å²) in [5.74, 6) is 1.97. The van der Waals surface area contributed by atoms with E-state index in [4.69, 9.17) is 15.0 Å². The number of benzene rings is 9. The molecule has 53 heavy (non-hydrogen) atoms. The van der Waals surface area contributed by atoms with Crippen LogP contribution in [0.2, 0.25) is 0 Å². The van der Waals surface area contributed by atoms with E-state index in [0.29, 0.717) is 17.5 Å². The Morgan fingerprint density at radius 3 is 1.45 bits per heavy atom. The molecule has 248 valence electrons. The second-order valence-electron chi connectivity index (χ2n) is 13.7. The minimum Gasteiger partial charge on any atom is -0.208 e. The molecule has 10 rings (SSSR count). The lowest BCUT2D eigenvalue weighted by Gasteiger charge is -2.16. The van der Waals surface area contributed by atoms with E-state index in [2.05, 4.69) is 153 Å². The fourth-order valence-electron chi connectivity index (χ4n) is 7.82. The molecule has 0 spiro atoms. The fourth-order valence-corrected chi connectivity index (χ4v) is 7.82. The van der Waals surface area contributed by atoms with Crippen molar-refractivity contribution in [1.82, 2.24) is 15.0 Å². The maximum Gasteiger partial charge on any atom is 0.164 e. The summed E-state index contributed by atoms with van der Waals surface area (Å²) in [5.41, 5.74) is 8.76. The maximum absolute atomic E-state index is 5.01. The SMILES string of the molecule is Cc1cccc(-c2nc(-c3ccccc3)nc(-c3ccc(-c4c(-c5ccc6c7ccccc7c7ccccc7c6c5)ccc5ccccc45)cc3)n2)c1. The van der Waals surface area contributed by atoms with Crippen molar-refractivity contribution in [2.24, 2.45) is 0 Å². The van der Waals surface area contributed by atoms with Crippen molar-refractivity contribution < 1.29 is 0 Å². The zero-order chi connectivity index (χ0) is 35.3. The molecule has 10 aromatic rings. The predicted molar refractivity (Wildman–Crippen MR) is 222 cm³/mol. The van der Waals surface area contributed by atoms with Gasteiger partial charge in [-0.25, -0.2) is 15.0 Å². The highest BCUT2D eigenvalue weighted by molar-refractivity contribution is 6.26. The van der Waals surface area contributed by atoms with Crippen molar-refractivity contribution in [3.8, 4) is 56.4 Å². The van der Waals surface area contributed by atoms with Crippen LogP contribution in [0.5, 0.6) is 0 Å². The van der Waals surface area contributed by atoms with Crippen LogP contribution in [0.4, 0.5) is 0 Å². The molecule has 1 heterocycles. The highest BCUT2D eigenvalue weighted by Gasteiger charge is 2.17. The zero-order valence-corrected chi connectivity index (χ0v) is 29.2. The van der Waals surface area contributed by atoms with E-state index >= 15 is 0 Å². The van der Waals surface area contributed by atoms with Crippen LogP contribution in [0.1, 0.15) is 5.56 Å². The number of aryl methyl sites for hydroxylation is 1. The molecular weight excluding hydrogens is 643 g/mol. The quantitative estimate of drug-likeness (QED) is 0.170. The Kier molecular flexibility index (Phi) is 7.36. The Labute approximate surface area is 307 Å². The third-order valence-corrected chi connectivity index (χ3v) is 10.4. The number of hydrogen-bond donors (Lipinski definition) is 0. The molecule has 0 N–H and O–H groups in total. The second kappa shape index (κ2) is 12.7. The average Bonchev–Trinajstić information content (AvgIpc) is 3.23. The lowest BCUT2D eigenvalue weighted by atomic mass is 9.87. The summed E-state index contributed by atoms with van der Waals surface area (Å²) in [5, 5.41) is 10.1. The summed E-state index contributed by atoms with van der Waals surface area (Å²) in [6.45, 7) is 2.09. The third kappa shape index (κ3) is 5.42. The van der Waals surface area contributed by atoms with Crippen molar-refractivity contribution in [2.75, 3.05) is 0 Å². The first-order valence-electron chi connectivity index (χ1n) is 18.0. The van der Waals surface area contributed by atoms with Crippen molar-refractivity contribution >= 4 is 43.1 Å². The monoisotopic (exact) mass is 675 g/mol. The Bertz CT molecular complexity index is 2970. The Morgan fingerprint density at radius 1 is 0.302 bits per heavy atom. The van der Waals surface area contributed by atoms with Crippen LogP contribution in [-0.2, 0) is 0 Å². The number of aromatic nitrogens is 3. The molecule has 3 heteroatoms. The van der Waals surface area contributed by atoms with Crippen molar-refractivity contribution in [3.63, 3.8) is 0 Å². The molecule has 3 nitrogen and oxygen atoms in total. The number of nitrogens with zero attached hydrogens (tertiary/aromatic N) is 3. The summed E-state index contributed by atoms with van der Waals surface area (Å²) >= 11 is 0. The molecule has 1 aromatic heterocycles. The van der Waals surface area contributed by atoms with Gasteiger partial charge < -0.3 is 0 Å². The largest absolute Gasteiger partial charge is 0.208 e. The number of fused-ring (bicyclic) bond motifs is 7. The van der Waals surface area contributed by atoms with Gasteiger partial charge in [-0.2, -0.15) is 0 Å². The van der Waals surface area contributed by atoms with E-state index in [9.17, 15) is 0 Å². The zero-order valence-electron chi connectivity index (χ0n) is 29.2. The van der Waals surface area contributed by atoms with Crippen LogP contribution < -0.4 is 0 Å². The highest BCUT2D eigenvalue weighted by atomic mass is 15.0. The van der Waals surface area contributed by atoms with Gasteiger partial charge in [-0.3, -0.25) is 0 Å². The summed E-state index contributed by atoms with van der Waals surface area (Å²) < 4.78 is 0. The second-order valence-corrected chi connectivity index (χ2v) is 13.7. The minimum absolute atomic E-state index is 0.647. The van der Waals surface area contributed by atoms with Crippen LogP contribution in [0.3, 0.4) is 0 Å². The number of rotatable bonds is 5. The third-order valence-electron chi connectivity index (χ3n) is 10.4. The molecular formula is C50H33N3. The summed E-state index contributed by atoms with van der Waals surface area (Å²) in [6, 6.07) is 64.9. The Morgan fingerprint density at radius 2 is 0.792 bits per heavy atom. The van der Waals surface area contributed by atoms with Gasteiger partial charge >= 0.3 is 0 Å². The van der Waals surface area contributed by atoms with E-state index in [0.717, 1.165) is 27.8 Å². The predicted octanol–water partition coefficient (Wildman–Crippen LogP) is 13.1. The topological polar surface area (TPSA) is 38.7 Å². The van der Waals surface area contributed by atoms with Crippen LogP contribution in [0, 0.1) is 6.92 Å². The molecule has 0 aliphatic rings. The van der Waals surface area contributed by atoms with Crippen LogP contribution in [0.25, 0.3) is 99.5 Å². The van der Waals surface area contributed by atoms with Crippen LogP contribution in [0.15, 0.2) is 182 Å². The molecule has 0 fully saturated rings. The van der Waals surface area contributed by atoms with Crippen molar-refractivity contribution in [3.05, 3.63) is 188 Å². The smallest absolute Gasteiger partial charge is 0.164 e. The van der Waals surface area contributed by atoms with E-state index in [-0.39, 0.29) is 0 Å². The van der Waals surface area contributed by atoms with Gasteiger partial charge in [-0.05, 0) is 84.4 Å². The van der Waals surface area contributed by atoms with E-state index in [1.165, 1.54) is 59.8 Å². The molecule has 0 radical (unpaired) electrons. The lowest BCUT2D eigenvalue weighted by molar-refractivity contribution is 1.07. The molecule has 0 unspecified atom stereocenters. The van der Waals surface area contributed by atoms with E-state index in [1.54, 1.807) is 0 Å². The molecule has 0 aliphatic carbocycles. The van der Waals surface area contributed by atoms with Crippen molar-refractivity contribution in [2.45, 2.75) is 6.92 Å². The summed E-state index contributed by atoms with van der Waals surface area (Å²) in [6.07, 6.45) is 0. The normalized spacial score (nSPS) is 11.5. The maximum atomic E-state index is 5.01. The summed E-state index contributed by atoms with van der Waals surface area (Å²) in [7, 11) is 0. The van der Waals surface area contributed by atoms with E-state index < -0.39 is 0 Å². The van der Waals surface area contributed by atoms with Crippen molar-refractivity contribution in [1.29, 1.82) is 0 Å². The Hall–Kier alpha value is -6.97. The number of hydrogen-bond acceptors (Lipinski definition) is 3. The first-order chi connectivity index (χ1) is 26.2. The van der Waals surface area contributed by atoms with Gasteiger partial charge in [0.1, 0.15) is 0 Å². The Balaban J connectivity index is 1.14. The van der Waals surface area contributed by atoms with Gasteiger partial charge in [0.05, 0.1) is 0 Å². The first kappa shape index (κ1) is 30.8. The lowest BCUT2D eigenvalue weighted by Crippen LogP contribution is -2.00. The molecule has 0 saturated carbocycles. The highest BCUT2D eigenvalue weighted by Crippen LogP contribution is 2.42. The first-order valence-corrected chi connectivity index (χ1v) is 18.0. The molecule has 9 aromatic carbocycles. The van der Waals surface area contributed by atoms with E-state index in [1.807, 2.05) is 36.4 Å². The minimum atomic E-state index is 0.647. The van der Waals surface area contributed by atoms with Gasteiger partial charge in [0.15, 0.2) is 17.5 Å². The van der Waals surface area contributed by atoms with Gasteiger partial charge in [-0.1, -0.05) is 175 Å². The van der Waals surface area contributed by atoms with Gasteiger partial charge in [0.25, 0.3) is 0 Å². The molecule has 0 aliphatic heterocycles. The average molecular weight is 676 g/mol. The van der Waals surface area contributed by atoms with Gasteiger partial charge in [0, 0.05) is 16.7 Å². The molecule has 0 atom stereocenters. The molecule has 0 amide bonds. The standard InChI is InChI=1S/C50H33N3/c1-32-12-11-16-38(30-32)50-52-48(35-14-3-2-4-15-35)51-49(53-50)36-24-22-34(23-25-36)47-39-17-6-5-13-33(39)26-28-40(47)37-27-29-45-43-20-8-7-18-41(43)42-19-9-10-21-44(42)46(45)31-37/h2-31H,1H3. The molecule has 0 saturated heterocycles. The molecule has 0 bridgehead atoms. The summed E-state index contributed by atoms with van der Waals surface area (Å²) in [4.78, 5) is 14.9. The van der Waals surface area contributed by atoms with Crippen LogP contribution >= 0.6 is 0 Å².